The molecule has 40 heavy (non-hydrogen) atoms. The predicted molar refractivity (Wildman–Crippen MR) is 157 cm³/mol. The number of amides is 1. The fourth-order valence-electron chi connectivity index (χ4n) is 4.93. The molecule has 3 heterocycles. The molecule has 202 valence electrons. The third kappa shape index (κ3) is 5.00. The van der Waals surface area contributed by atoms with E-state index in [2.05, 4.69) is 34.5 Å². The lowest BCUT2D eigenvalue weighted by atomic mass is 9.94. The van der Waals surface area contributed by atoms with Crippen LogP contribution >= 0.6 is 34.7 Å². The van der Waals surface area contributed by atoms with Crippen molar-refractivity contribution < 1.29 is 19.4 Å². The zero-order valence-electron chi connectivity index (χ0n) is 21.6. The van der Waals surface area contributed by atoms with Gasteiger partial charge < -0.3 is 9.84 Å². The van der Waals surface area contributed by atoms with Crippen LogP contribution in [0.3, 0.4) is 0 Å². The second-order valence-electron chi connectivity index (χ2n) is 9.80. The Morgan fingerprint density at radius 2 is 1.93 bits per heavy atom. The first-order chi connectivity index (χ1) is 19.3. The van der Waals surface area contributed by atoms with Gasteiger partial charge >= 0.3 is 5.91 Å². The van der Waals surface area contributed by atoms with Gasteiger partial charge in [-0.15, -0.1) is 10.2 Å². The lowest BCUT2D eigenvalue weighted by molar-refractivity contribution is -0.132. The van der Waals surface area contributed by atoms with Gasteiger partial charge in [0.25, 0.3) is 5.78 Å². The van der Waals surface area contributed by atoms with Crippen molar-refractivity contribution >= 4 is 57.3 Å². The highest BCUT2D eigenvalue weighted by Crippen LogP contribution is 2.45. The lowest BCUT2D eigenvalue weighted by Gasteiger charge is -2.22. The molecular weight excluding hydrogens is 566 g/mol. The average molecular weight is 590 g/mol. The molecule has 6 rings (SSSR count). The van der Waals surface area contributed by atoms with Crippen LogP contribution in [-0.4, -0.2) is 33.1 Å². The topological polar surface area (TPSA) is 92.6 Å². The van der Waals surface area contributed by atoms with Crippen LogP contribution in [0.5, 0.6) is 5.75 Å². The highest BCUT2D eigenvalue weighted by atomic mass is 35.5. The van der Waals surface area contributed by atoms with Gasteiger partial charge in [-0.25, -0.2) is 0 Å². The molecule has 0 radical (unpaired) electrons. The molecule has 1 saturated heterocycles. The highest BCUT2D eigenvalue weighted by molar-refractivity contribution is 8.00. The third-order valence-corrected chi connectivity index (χ3v) is 9.23. The van der Waals surface area contributed by atoms with Crippen LogP contribution in [0.2, 0.25) is 5.02 Å². The molecular formula is C30H24ClN3O4S2. The largest absolute Gasteiger partial charge is 0.507 e. The molecule has 10 heteroatoms. The van der Waals surface area contributed by atoms with Gasteiger partial charge in [-0.2, -0.15) is 0 Å². The summed E-state index contributed by atoms with van der Waals surface area (Å²) in [4.78, 5) is 28.3. The Morgan fingerprint density at radius 1 is 1.12 bits per heavy atom. The van der Waals surface area contributed by atoms with Crippen molar-refractivity contribution in [2.45, 2.75) is 42.5 Å². The van der Waals surface area contributed by atoms with E-state index in [0.717, 1.165) is 16.9 Å². The number of rotatable bonds is 6. The number of aromatic nitrogens is 2. The van der Waals surface area contributed by atoms with Gasteiger partial charge in [-0.1, -0.05) is 76.7 Å². The number of halogens is 1. The summed E-state index contributed by atoms with van der Waals surface area (Å²) in [5, 5.41) is 20.7. The van der Waals surface area contributed by atoms with E-state index in [-0.39, 0.29) is 22.6 Å². The molecule has 1 aromatic heterocycles. The number of anilines is 1. The summed E-state index contributed by atoms with van der Waals surface area (Å²) in [6.07, 6.45) is 0.718. The maximum absolute atomic E-state index is 13.5. The van der Waals surface area contributed by atoms with Crippen molar-refractivity contribution in [3.8, 4) is 5.75 Å². The predicted octanol–water partition coefficient (Wildman–Crippen LogP) is 6.74. The van der Waals surface area contributed by atoms with Gasteiger partial charge in [0.2, 0.25) is 5.13 Å². The lowest BCUT2D eigenvalue weighted by Crippen LogP contribution is -2.29. The molecule has 1 amide bonds. The van der Waals surface area contributed by atoms with Gasteiger partial charge in [0.05, 0.1) is 11.6 Å². The van der Waals surface area contributed by atoms with Crippen LogP contribution < -0.4 is 9.64 Å². The Labute approximate surface area is 244 Å². The summed E-state index contributed by atoms with van der Waals surface area (Å²) >= 11 is 9.05. The fourth-order valence-corrected chi connectivity index (χ4v) is 6.96. The number of aliphatic hydroxyl groups is 1. The van der Waals surface area contributed by atoms with E-state index >= 15 is 0 Å². The summed E-state index contributed by atoms with van der Waals surface area (Å²) in [5.74, 6) is -0.397. The number of carbonyl (C=O) groups is 2. The molecule has 4 aromatic rings. The van der Waals surface area contributed by atoms with Gasteiger partial charge in [0, 0.05) is 22.8 Å². The molecule has 0 bridgehead atoms. The van der Waals surface area contributed by atoms with E-state index in [4.69, 9.17) is 16.3 Å². The number of carbonyl (C=O) groups excluding carboxylic acids is 2. The van der Waals surface area contributed by atoms with Gasteiger partial charge in [-0.05, 0) is 60.9 Å². The van der Waals surface area contributed by atoms with Crippen molar-refractivity contribution in [2.24, 2.45) is 0 Å². The summed E-state index contributed by atoms with van der Waals surface area (Å²) in [6, 6.07) is 19.5. The van der Waals surface area contributed by atoms with Crippen LogP contribution in [0.4, 0.5) is 5.13 Å². The Hall–Kier alpha value is -3.66. The molecule has 1 N–H and O–H groups in total. The number of aryl methyl sites for hydroxylation is 1. The van der Waals surface area contributed by atoms with Crippen molar-refractivity contribution in [2.75, 3.05) is 4.90 Å². The van der Waals surface area contributed by atoms with E-state index in [1.165, 1.54) is 33.6 Å². The molecule has 0 unspecified atom stereocenters. The Balaban J connectivity index is 1.38. The molecule has 3 aromatic carbocycles. The zero-order valence-corrected chi connectivity index (χ0v) is 24.0. The SMILES string of the molecule is Cc1ccc(CSc2nnc(N3C(=O)C(=O)/C(=C(/O)c4ccc5c(c4)C[C@H](C)O5)[C@H]3c3cccc(Cl)c3)s2)cc1. The fraction of sp³-hybridized carbons (Fsp3) is 0.200. The Bertz CT molecular complexity index is 1670. The van der Waals surface area contributed by atoms with Crippen LogP contribution in [0, 0.1) is 6.92 Å². The number of ether oxygens (including phenoxy) is 1. The number of nitrogens with zero attached hydrogens (tertiary/aromatic N) is 3. The number of ketones is 1. The van der Waals surface area contributed by atoms with Crippen LogP contribution in [-0.2, 0) is 21.8 Å². The number of aliphatic hydroxyl groups excluding tert-OH is 1. The summed E-state index contributed by atoms with van der Waals surface area (Å²) < 4.78 is 6.44. The number of Topliss-reactive ketones (excluding diaryl/α,β-unsaturated/α-hetero) is 1. The quantitative estimate of drug-likeness (QED) is 0.0875. The first-order valence-electron chi connectivity index (χ1n) is 12.7. The monoisotopic (exact) mass is 589 g/mol. The zero-order chi connectivity index (χ0) is 28.0. The molecule has 1 fully saturated rings. The smallest absolute Gasteiger partial charge is 0.301 e. The maximum atomic E-state index is 13.5. The normalized spacial score (nSPS) is 19.6. The van der Waals surface area contributed by atoms with Gasteiger partial charge in [0.15, 0.2) is 4.34 Å². The van der Waals surface area contributed by atoms with E-state index in [1.807, 2.05) is 13.8 Å². The molecule has 2 atom stereocenters. The minimum atomic E-state index is -0.926. The van der Waals surface area contributed by atoms with E-state index in [1.54, 1.807) is 42.5 Å². The number of thioether (sulfide) groups is 1. The van der Waals surface area contributed by atoms with Crippen molar-refractivity contribution in [1.29, 1.82) is 0 Å². The first-order valence-corrected chi connectivity index (χ1v) is 14.8. The second kappa shape index (κ2) is 10.7. The molecule has 2 aliphatic heterocycles. The van der Waals surface area contributed by atoms with Crippen LogP contribution in [0.25, 0.3) is 5.76 Å². The molecule has 2 aliphatic rings. The number of hydrogen-bond acceptors (Lipinski definition) is 8. The number of fused-ring (bicyclic) bond motifs is 1. The second-order valence-corrected chi connectivity index (χ2v) is 12.4. The summed E-state index contributed by atoms with van der Waals surface area (Å²) in [6.45, 7) is 4.01. The van der Waals surface area contributed by atoms with Crippen molar-refractivity contribution in [3.05, 3.63) is 105 Å². The van der Waals surface area contributed by atoms with E-state index in [0.29, 0.717) is 32.7 Å². The van der Waals surface area contributed by atoms with Crippen LogP contribution in [0.15, 0.2) is 76.6 Å². The summed E-state index contributed by atoms with van der Waals surface area (Å²) in [5.41, 5.74) is 4.25. The molecule has 7 nitrogen and oxygen atoms in total. The standard InChI is InChI=1S/C30H24ClN3O4S2/c1-16-6-8-18(9-7-16)15-39-30-33-32-29(40-30)34-25(19-4-3-5-22(31)14-19)24(27(36)28(34)37)26(35)20-10-11-23-21(13-20)12-17(2)38-23/h3-11,13-14,17,25,35H,12,15H2,1-2H3/b26-24+/t17-,25+/m0/s1. The first kappa shape index (κ1) is 26.6. The molecule has 0 aliphatic carbocycles. The highest BCUT2D eigenvalue weighted by Gasteiger charge is 2.48. The molecule has 0 spiro atoms. The van der Waals surface area contributed by atoms with Crippen molar-refractivity contribution in [3.63, 3.8) is 0 Å². The Kier molecular flexibility index (Phi) is 7.12. The van der Waals surface area contributed by atoms with Gasteiger partial charge in [0.1, 0.15) is 17.6 Å². The Morgan fingerprint density at radius 3 is 2.70 bits per heavy atom. The maximum Gasteiger partial charge on any atom is 0.301 e. The summed E-state index contributed by atoms with van der Waals surface area (Å²) in [7, 11) is 0. The van der Waals surface area contributed by atoms with E-state index in [9.17, 15) is 14.7 Å². The minimum Gasteiger partial charge on any atom is -0.507 e. The van der Waals surface area contributed by atoms with Crippen molar-refractivity contribution in [1.82, 2.24) is 10.2 Å². The number of benzene rings is 3. The minimum absolute atomic E-state index is 0.0248. The van der Waals surface area contributed by atoms with Gasteiger partial charge in [-0.3, -0.25) is 14.5 Å². The number of hydrogen-bond donors (Lipinski definition) is 1. The van der Waals surface area contributed by atoms with Crippen LogP contribution in [0.1, 0.15) is 40.8 Å². The third-order valence-electron chi connectivity index (χ3n) is 6.86. The van der Waals surface area contributed by atoms with E-state index < -0.39 is 17.7 Å². The average Bonchev–Trinajstić information content (AvgIpc) is 3.63. The molecule has 0 saturated carbocycles.